The lowest BCUT2D eigenvalue weighted by molar-refractivity contribution is -0.0307. The molecule has 49 heavy (non-hydrogen) atoms. The second kappa shape index (κ2) is 12.4. The fourth-order valence-corrected chi connectivity index (χ4v) is 10.9. The van der Waals surface area contributed by atoms with Crippen LogP contribution in [0.5, 0.6) is 0 Å². The number of phosphoric ester groups is 2. The lowest BCUT2D eigenvalue weighted by atomic mass is 10.0. The number of phosphoric acid groups is 3. The van der Waals surface area contributed by atoms with Crippen molar-refractivity contribution >= 4 is 29.3 Å². The zero-order valence-corrected chi connectivity index (χ0v) is 27.7. The van der Waals surface area contributed by atoms with Gasteiger partial charge in [-0.25, -0.2) is 28.8 Å². The van der Waals surface area contributed by atoms with Crippen molar-refractivity contribution in [2.24, 2.45) is 23.2 Å². The van der Waals surface area contributed by atoms with E-state index in [9.17, 15) is 63.2 Å². The summed E-state index contributed by atoms with van der Waals surface area (Å²) >= 11 is 0. The van der Waals surface area contributed by atoms with Crippen molar-refractivity contribution < 1.29 is 71.3 Å². The lowest BCUT2D eigenvalue weighted by Crippen LogP contribution is -2.43. The highest BCUT2D eigenvalue weighted by Gasteiger charge is 2.73. The number of aromatic amines is 1. The predicted molar refractivity (Wildman–Crippen MR) is 157 cm³/mol. The largest absolute Gasteiger partial charge is 0.490 e. The molecule has 13 atom stereocenters. The molecule has 9 N–H and O–H groups in total. The molecule has 0 saturated heterocycles. The molecule has 272 valence electrons. The summed E-state index contributed by atoms with van der Waals surface area (Å²) in [5.74, 6) is -2.42. The highest BCUT2D eigenvalue weighted by molar-refractivity contribution is 7.66. The van der Waals surface area contributed by atoms with Crippen molar-refractivity contribution in [3.63, 3.8) is 0 Å². The number of anilines is 1. The molecule has 4 fully saturated rings. The van der Waals surface area contributed by atoms with Crippen LogP contribution in [0.15, 0.2) is 38.9 Å². The average Bonchev–Trinajstić information content (AvgIpc) is 3.87. The molecule has 0 aromatic carbocycles. The number of aliphatic hydroxyl groups excluding tert-OH is 4. The van der Waals surface area contributed by atoms with Crippen LogP contribution < -0.4 is 22.4 Å². The fraction of sp³-hybridized carbons (Fsp3) is 0.652. The molecule has 4 aliphatic rings. The van der Waals surface area contributed by atoms with E-state index in [-0.39, 0.29) is 18.7 Å². The van der Waals surface area contributed by atoms with Crippen LogP contribution in [-0.4, -0.2) is 98.9 Å². The zero-order chi connectivity index (χ0) is 35.9. The van der Waals surface area contributed by atoms with E-state index in [0.29, 0.717) is 0 Å². The monoisotopic (exact) mass is 759 g/mol. The number of aliphatic hydroxyl groups is 4. The smallest absolute Gasteiger partial charge is 0.390 e. The maximum absolute atomic E-state index is 12.6. The van der Waals surface area contributed by atoms with Gasteiger partial charge in [0.25, 0.3) is 5.56 Å². The molecule has 0 spiro atoms. The molecule has 4 aliphatic carbocycles. The van der Waals surface area contributed by atoms with Crippen molar-refractivity contribution in [3.8, 4) is 0 Å². The summed E-state index contributed by atoms with van der Waals surface area (Å²) in [6.45, 7) is -1.69. The number of nitrogens with zero attached hydrogens (tertiary/aromatic N) is 3. The van der Waals surface area contributed by atoms with Gasteiger partial charge < -0.3 is 35.1 Å². The summed E-state index contributed by atoms with van der Waals surface area (Å²) in [6.07, 6.45) is -3.75. The first-order chi connectivity index (χ1) is 22.8. The Labute approximate surface area is 273 Å². The molecule has 0 aliphatic heterocycles. The third kappa shape index (κ3) is 6.48. The SMILES string of the molecule is CONc1ccn([C@]23C[C@H]2[C@H](COP(=O)(O)OP(=O)(O)OP(=O)(O)OC[C@@]24C[C@@H]2[C@@H](n2ccc(=O)[nH]c2=O)[C@H](O)[C@@H]4O)[C@@H](O)[C@H]3O)c(=O)n1. The number of H-pyrrole nitrogens is 1. The van der Waals surface area contributed by atoms with Gasteiger partial charge in [0, 0.05) is 29.8 Å². The van der Waals surface area contributed by atoms with Crippen LogP contribution in [0.4, 0.5) is 5.82 Å². The summed E-state index contributed by atoms with van der Waals surface area (Å²) in [5.41, 5.74) is -2.77. The van der Waals surface area contributed by atoms with E-state index in [1.807, 2.05) is 4.98 Å². The molecule has 0 radical (unpaired) electrons. The summed E-state index contributed by atoms with van der Waals surface area (Å²) < 4.78 is 57.4. The first-order valence-electron chi connectivity index (χ1n) is 14.4. The summed E-state index contributed by atoms with van der Waals surface area (Å²) in [5, 5.41) is 42.6. The van der Waals surface area contributed by atoms with Gasteiger partial charge in [-0.05, 0) is 30.7 Å². The van der Waals surface area contributed by atoms with Gasteiger partial charge in [0.05, 0.1) is 44.1 Å². The highest BCUT2D eigenvalue weighted by atomic mass is 31.3. The zero-order valence-electron chi connectivity index (χ0n) is 25.1. The number of nitrogens with one attached hydrogen (secondary N) is 2. The number of hydrogen-bond donors (Lipinski definition) is 9. The van der Waals surface area contributed by atoms with Crippen LogP contribution in [0.1, 0.15) is 18.9 Å². The Morgan fingerprint density at radius 3 is 2.22 bits per heavy atom. The average molecular weight is 759 g/mol. The molecule has 4 saturated carbocycles. The number of rotatable bonds is 14. The molecule has 2 aromatic rings. The second-order valence-electron chi connectivity index (χ2n) is 12.3. The van der Waals surface area contributed by atoms with Gasteiger partial charge in [-0.15, -0.1) is 0 Å². The normalized spacial score (nSPS) is 38.1. The first kappa shape index (κ1) is 36.4. The minimum Gasteiger partial charge on any atom is -0.390 e. The Hall–Kier alpha value is -2.43. The van der Waals surface area contributed by atoms with Crippen LogP contribution in [0.2, 0.25) is 0 Å². The molecule has 2 aromatic heterocycles. The van der Waals surface area contributed by atoms with Gasteiger partial charge in [0.2, 0.25) is 0 Å². The maximum Gasteiger partial charge on any atom is 0.490 e. The van der Waals surface area contributed by atoms with Crippen LogP contribution in [-0.2, 0) is 41.7 Å². The third-order valence-electron chi connectivity index (χ3n) is 9.64. The fourth-order valence-electron chi connectivity index (χ4n) is 7.33. The van der Waals surface area contributed by atoms with Gasteiger partial charge in [-0.3, -0.25) is 32.8 Å². The van der Waals surface area contributed by atoms with E-state index in [2.05, 4.69) is 23.9 Å². The molecular weight excluding hydrogens is 727 g/mol. The van der Waals surface area contributed by atoms with Gasteiger partial charge in [0.15, 0.2) is 5.82 Å². The third-order valence-corrected chi connectivity index (χ3v) is 13.9. The van der Waals surface area contributed by atoms with Gasteiger partial charge in [-0.1, -0.05) is 0 Å². The Morgan fingerprint density at radius 2 is 1.59 bits per heavy atom. The van der Waals surface area contributed by atoms with Crippen molar-refractivity contribution in [1.82, 2.24) is 19.1 Å². The molecular formula is C23H32N5O18P3. The molecule has 23 nitrogen and oxygen atoms in total. The van der Waals surface area contributed by atoms with Crippen molar-refractivity contribution in [1.29, 1.82) is 0 Å². The van der Waals surface area contributed by atoms with E-state index in [0.717, 1.165) is 21.4 Å². The summed E-state index contributed by atoms with van der Waals surface area (Å²) in [6, 6.07) is 1.31. The molecule has 3 unspecified atom stereocenters. The molecule has 26 heteroatoms. The Balaban J connectivity index is 1.05. The van der Waals surface area contributed by atoms with E-state index >= 15 is 0 Å². The lowest BCUT2D eigenvalue weighted by Gasteiger charge is -2.25. The second-order valence-corrected chi connectivity index (χ2v) is 16.9. The quantitative estimate of drug-likeness (QED) is 0.0709. The first-order valence-corrected chi connectivity index (χ1v) is 18.9. The van der Waals surface area contributed by atoms with E-state index in [1.54, 1.807) is 0 Å². The van der Waals surface area contributed by atoms with Gasteiger partial charge in [-0.2, -0.15) is 13.6 Å². The highest BCUT2D eigenvalue weighted by Crippen LogP contribution is 2.72. The van der Waals surface area contributed by atoms with Crippen molar-refractivity contribution in [2.75, 3.05) is 25.8 Å². The number of aromatic nitrogens is 4. The Bertz CT molecular complexity index is 1960. The Morgan fingerprint density at radius 1 is 0.918 bits per heavy atom. The molecule has 0 bridgehead atoms. The van der Waals surface area contributed by atoms with Crippen LogP contribution >= 0.6 is 23.5 Å². The standard InChI is InChI=1S/C23H32N5O18P3/c1-42-26-13-2-5-28(21(35)24-13)23-7-11(23)10(16(30)19(23)33)8-43-47(36,37)45-49(40,41)46-48(38,39)44-9-22-6-12(22)15(17(31)18(22)32)27-4-3-14(29)25-20(27)34/h2-5,10-12,15-19,30-33H,6-9H2,1H3,(H,36,37)(H,38,39)(H,40,41)(H,24,26,35)(H,25,29,34)/t10-,11-,12+,15+,16+,17-,18-,19+,22-,23+/m0/s1. The number of fused-ring (bicyclic) bond motifs is 2. The van der Waals surface area contributed by atoms with Crippen molar-refractivity contribution in [2.45, 2.75) is 48.8 Å². The van der Waals surface area contributed by atoms with Crippen LogP contribution in [0.3, 0.4) is 0 Å². The minimum atomic E-state index is -5.92. The number of hydrogen-bond acceptors (Lipinski definition) is 17. The minimum absolute atomic E-state index is 0.0555. The predicted octanol–water partition coefficient (Wildman–Crippen LogP) is -2.52. The van der Waals surface area contributed by atoms with Gasteiger partial charge >= 0.3 is 34.8 Å². The maximum atomic E-state index is 12.6. The van der Waals surface area contributed by atoms with Crippen LogP contribution in [0.25, 0.3) is 0 Å². The van der Waals surface area contributed by atoms with E-state index < -0.39 is 113 Å². The van der Waals surface area contributed by atoms with Crippen molar-refractivity contribution in [3.05, 3.63) is 55.8 Å². The Kier molecular flexibility index (Phi) is 9.17. The molecule has 0 amide bonds. The topological polar surface area (TPSA) is 341 Å². The molecule has 6 rings (SSSR count). The van der Waals surface area contributed by atoms with Gasteiger partial charge in [0.1, 0.15) is 12.2 Å². The van der Waals surface area contributed by atoms with E-state index in [4.69, 9.17) is 9.05 Å². The van der Waals surface area contributed by atoms with Crippen LogP contribution in [0, 0.1) is 23.2 Å². The summed E-state index contributed by atoms with van der Waals surface area (Å²) in [4.78, 5) is 76.9. The van der Waals surface area contributed by atoms with E-state index in [1.165, 1.54) is 19.4 Å². The molecule has 2 heterocycles. The summed E-state index contributed by atoms with van der Waals surface area (Å²) in [7, 11) is -15.8.